The zero-order valence-corrected chi connectivity index (χ0v) is 12.1. The van der Waals surface area contributed by atoms with Crippen LogP contribution in [0.5, 0.6) is 0 Å². The van der Waals surface area contributed by atoms with Crippen LogP contribution in [-0.4, -0.2) is 5.11 Å². The van der Waals surface area contributed by atoms with E-state index >= 15 is 0 Å². The summed E-state index contributed by atoms with van der Waals surface area (Å²) in [6.07, 6.45) is 0. The van der Waals surface area contributed by atoms with E-state index in [9.17, 15) is 5.11 Å². The fourth-order valence-corrected chi connectivity index (χ4v) is 2.54. The van der Waals surface area contributed by atoms with Gasteiger partial charge in [-0.05, 0) is 40.3 Å². The fraction of sp³-hybridized carbons (Fsp3) is 0.100. The summed E-state index contributed by atoms with van der Waals surface area (Å²) in [5.74, 6) is 0. The van der Waals surface area contributed by atoms with Gasteiger partial charge in [0.25, 0.3) is 0 Å². The van der Waals surface area contributed by atoms with Gasteiger partial charge in [-0.1, -0.05) is 72.8 Å². The highest BCUT2D eigenvalue weighted by atomic mass is 16.3. The highest BCUT2D eigenvalue weighted by Crippen LogP contribution is 2.26. The molecule has 0 atom stereocenters. The molecule has 104 valence electrons. The molecule has 0 unspecified atom stereocenters. The van der Waals surface area contributed by atoms with Crippen LogP contribution in [0, 0.1) is 6.92 Å². The maximum Gasteiger partial charge on any atom is 0.0684 e. The smallest absolute Gasteiger partial charge is 0.0684 e. The lowest BCUT2D eigenvalue weighted by Gasteiger charge is -2.08. The van der Waals surface area contributed by atoms with E-state index in [1.54, 1.807) is 0 Å². The first-order chi connectivity index (χ1) is 10.3. The van der Waals surface area contributed by atoms with Crippen LogP contribution < -0.4 is 0 Å². The van der Waals surface area contributed by atoms with E-state index in [0.717, 1.165) is 11.1 Å². The Labute approximate surface area is 125 Å². The number of hydrogen-bond donors (Lipinski definition) is 1. The van der Waals surface area contributed by atoms with Gasteiger partial charge in [0.1, 0.15) is 0 Å². The second-order valence-electron chi connectivity index (χ2n) is 5.24. The molecule has 0 fully saturated rings. The summed E-state index contributed by atoms with van der Waals surface area (Å²) in [5.41, 5.74) is 6.95. The van der Waals surface area contributed by atoms with Crippen molar-refractivity contribution >= 4 is 0 Å². The summed E-state index contributed by atoms with van der Waals surface area (Å²) in [5, 5.41) is 9.24. The molecular formula is C20H18O. The van der Waals surface area contributed by atoms with Crippen molar-refractivity contribution in [1.29, 1.82) is 0 Å². The molecule has 3 rings (SSSR count). The Bertz CT molecular complexity index is 728. The number of aliphatic hydroxyl groups excluding tert-OH is 1. The van der Waals surface area contributed by atoms with Crippen molar-refractivity contribution in [3.05, 3.63) is 83.9 Å². The van der Waals surface area contributed by atoms with Crippen molar-refractivity contribution in [3.63, 3.8) is 0 Å². The number of aliphatic hydroxyl groups is 1. The molecule has 0 aliphatic carbocycles. The van der Waals surface area contributed by atoms with Crippen LogP contribution in [0.3, 0.4) is 0 Å². The van der Waals surface area contributed by atoms with Crippen molar-refractivity contribution in [2.45, 2.75) is 13.5 Å². The third-order valence-corrected chi connectivity index (χ3v) is 3.84. The molecule has 0 aliphatic heterocycles. The summed E-state index contributed by atoms with van der Waals surface area (Å²) < 4.78 is 0. The lowest BCUT2D eigenvalue weighted by atomic mass is 9.98. The standard InChI is InChI=1S/C20H18O/c1-15-13-19(11-12-20(15)14-21)18-9-7-17(8-10-18)16-5-3-2-4-6-16/h2-13,21H,14H2,1H3. The summed E-state index contributed by atoms with van der Waals surface area (Å²) in [6.45, 7) is 2.13. The Morgan fingerprint density at radius 2 is 1.19 bits per heavy atom. The molecule has 3 aromatic rings. The third kappa shape index (κ3) is 2.88. The fourth-order valence-electron chi connectivity index (χ4n) is 2.54. The molecule has 0 saturated heterocycles. The second-order valence-corrected chi connectivity index (χ2v) is 5.24. The summed E-state index contributed by atoms with van der Waals surface area (Å²) >= 11 is 0. The molecule has 0 bridgehead atoms. The molecule has 0 spiro atoms. The van der Waals surface area contributed by atoms with Crippen molar-refractivity contribution in [3.8, 4) is 22.3 Å². The van der Waals surface area contributed by atoms with E-state index in [0.29, 0.717) is 0 Å². The SMILES string of the molecule is Cc1cc(-c2ccc(-c3ccccc3)cc2)ccc1CO. The average molecular weight is 274 g/mol. The summed E-state index contributed by atoms with van der Waals surface area (Å²) in [6, 6.07) is 25.2. The molecular weight excluding hydrogens is 256 g/mol. The van der Waals surface area contributed by atoms with Gasteiger partial charge in [0.15, 0.2) is 0 Å². The lowest BCUT2D eigenvalue weighted by molar-refractivity contribution is 0.281. The van der Waals surface area contributed by atoms with Gasteiger partial charge in [-0.2, -0.15) is 0 Å². The largest absolute Gasteiger partial charge is 0.392 e. The van der Waals surface area contributed by atoms with Crippen molar-refractivity contribution in [2.75, 3.05) is 0 Å². The minimum Gasteiger partial charge on any atom is -0.392 e. The Hall–Kier alpha value is -2.38. The predicted molar refractivity (Wildman–Crippen MR) is 88.0 cm³/mol. The first-order valence-electron chi connectivity index (χ1n) is 7.14. The van der Waals surface area contributed by atoms with Gasteiger partial charge < -0.3 is 5.11 Å². The van der Waals surface area contributed by atoms with Crippen LogP contribution in [-0.2, 0) is 6.61 Å². The van der Waals surface area contributed by atoms with Crippen LogP contribution in [0.2, 0.25) is 0 Å². The summed E-state index contributed by atoms with van der Waals surface area (Å²) in [4.78, 5) is 0. The van der Waals surface area contributed by atoms with Gasteiger partial charge in [-0.15, -0.1) is 0 Å². The highest BCUT2D eigenvalue weighted by molar-refractivity contribution is 5.70. The Morgan fingerprint density at radius 3 is 1.76 bits per heavy atom. The molecule has 1 heteroatoms. The molecule has 1 nitrogen and oxygen atoms in total. The van der Waals surface area contributed by atoms with Gasteiger partial charge in [0.05, 0.1) is 6.61 Å². The number of benzene rings is 3. The molecule has 0 aliphatic rings. The number of aryl methyl sites for hydroxylation is 1. The van der Waals surface area contributed by atoms with Crippen molar-refractivity contribution in [1.82, 2.24) is 0 Å². The first-order valence-corrected chi connectivity index (χ1v) is 7.14. The van der Waals surface area contributed by atoms with Crippen LogP contribution in [0.25, 0.3) is 22.3 Å². The summed E-state index contributed by atoms with van der Waals surface area (Å²) in [7, 11) is 0. The molecule has 21 heavy (non-hydrogen) atoms. The van der Waals surface area contributed by atoms with Gasteiger partial charge in [-0.3, -0.25) is 0 Å². The lowest BCUT2D eigenvalue weighted by Crippen LogP contribution is -1.89. The maximum atomic E-state index is 9.24. The quantitative estimate of drug-likeness (QED) is 0.726. The Kier molecular flexibility index (Phi) is 3.85. The van der Waals surface area contributed by atoms with E-state index < -0.39 is 0 Å². The zero-order valence-electron chi connectivity index (χ0n) is 12.1. The average Bonchev–Trinajstić information content (AvgIpc) is 2.56. The molecule has 1 N–H and O–H groups in total. The predicted octanol–water partition coefficient (Wildman–Crippen LogP) is 4.82. The van der Waals surface area contributed by atoms with Gasteiger partial charge >= 0.3 is 0 Å². The van der Waals surface area contributed by atoms with Gasteiger partial charge in [0.2, 0.25) is 0 Å². The van der Waals surface area contributed by atoms with Crippen molar-refractivity contribution in [2.24, 2.45) is 0 Å². The van der Waals surface area contributed by atoms with E-state index in [4.69, 9.17) is 0 Å². The number of hydrogen-bond acceptors (Lipinski definition) is 1. The Morgan fingerprint density at radius 1 is 0.667 bits per heavy atom. The first kappa shape index (κ1) is 13.6. The number of rotatable bonds is 3. The maximum absolute atomic E-state index is 9.24. The molecule has 0 radical (unpaired) electrons. The van der Waals surface area contributed by atoms with Crippen LogP contribution in [0.4, 0.5) is 0 Å². The van der Waals surface area contributed by atoms with Crippen LogP contribution in [0.15, 0.2) is 72.8 Å². The monoisotopic (exact) mass is 274 g/mol. The normalized spacial score (nSPS) is 10.6. The third-order valence-electron chi connectivity index (χ3n) is 3.84. The minimum absolute atomic E-state index is 0.0963. The van der Waals surface area contributed by atoms with E-state index in [1.807, 2.05) is 19.1 Å². The Balaban J connectivity index is 1.92. The molecule has 3 aromatic carbocycles. The minimum atomic E-state index is 0.0963. The molecule has 0 amide bonds. The van der Waals surface area contributed by atoms with Crippen molar-refractivity contribution < 1.29 is 5.11 Å². The zero-order chi connectivity index (χ0) is 14.7. The van der Waals surface area contributed by atoms with E-state index in [2.05, 4.69) is 60.7 Å². The highest BCUT2D eigenvalue weighted by Gasteiger charge is 2.03. The van der Waals surface area contributed by atoms with Crippen LogP contribution >= 0.6 is 0 Å². The molecule has 0 heterocycles. The van der Waals surface area contributed by atoms with Gasteiger partial charge in [-0.25, -0.2) is 0 Å². The molecule has 0 aromatic heterocycles. The van der Waals surface area contributed by atoms with Gasteiger partial charge in [0, 0.05) is 0 Å². The van der Waals surface area contributed by atoms with Crippen LogP contribution in [0.1, 0.15) is 11.1 Å². The second kappa shape index (κ2) is 5.94. The molecule has 0 saturated carbocycles. The van der Waals surface area contributed by atoms with E-state index in [1.165, 1.54) is 22.3 Å². The van der Waals surface area contributed by atoms with E-state index in [-0.39, 0.29) is 6.61 Å². The topological polar surface area (TPSA) is 20.2 Å².